The number of aliphatic imine (C=N–C) groups is 1. The van der Waals surface area contributed by atoms with E-state index in [9.17, 15) is 0 Å². The molecule has 7 aromatic rings. The molecule has 0 aromatic heterocycles. The molecule has 7 aromatic carbocycles. The third kappa shape index (κ3) is 4.27. The van der Waals surface area contributed by atoms with Crippen LogP contribution in [0.3, 0.4) is 0 Å². The molecule has 1 unspecified atom stereocenters. The lowest BCUT2D eigenvalue weighted by atomic mass is 9.66. The van der Waals surface area contributed by atoms with Gasteiger partial charge in [0.25, 0.3) is 0 Å². The lowest BCUT2D eigenvalue weighted by molar-refractivity contribution is 0.436. The highest BCUT2D eigenvalue weighted by molar-refractivity contribution is 6.13. The van der Waals surface area contributed by atoms with E-state index >= 15 is 0 Å². The highest BCUT2D eigenvalue weighted by Crippen LogP contribution is 2.62. The van der Waals surface area contributed by atoms with Crippen LogP contribution in [0.1, 0.15) is 45.1 Å². The third-order valence-electron chi connectivity index (χ3n) is 10.4. The Bertz CT molecular complexity index is 2430. The highest BCUT2D eigenvalue weighted by atomic mass is 16.5. The van der Waals surface area contributed by atoms with E-state index in [1.165, 1.54) is 33.4 Å². The first-order valence-corrected chi connectivity index (χ1v) is 17.2. The lowest BCUT2D eigenvalue weighted by Crippen LogP contribution is -2.32. The molecular weight excluding hydrogens is 609 g/mol. The van der Waals surface area contributed by atoms with E-state index < -0.39 is 5.41 Å². The largest absolute Gasteiger partial charge is 0.457 e. The molecule has 1 atom stereocenters. The molecule has 3 nitrogen and oxygen atoms in total. The monoisotopic (exact) mass is 640 g/mol. The van der Waals surface area contributed by atoms with Gasteiger partial charge in [-0.25, -0.2) is 0 Å². The van der Waals surface area contributed by atoms with Crippen LogP contribution in [0.2, 0.25) is 0 Å². The molecule has 0 saturated heterocycles. The van der Waals surface area contributed by atoms with Gasteiger partial charge in [0.1, 0.15) is 17.7 Å². The summed E-state index contributed by atoms with van der Waals surface area (Å²) in [5, 5.41) is 3.86. The maximum absolute atomic E-state index is 6.56. The number of allylic oxidation sites excluding steroid dienone is 1. The molecule has 0 saturated carbocycles. The summed E-state index contributed by atoms with van der Waals surface area (Å²) < 4.78 is 6.56. The number of hydrogen-bond acceptors (Lipinski definition) is 3. The predicted molar refractivity (Wildman–Crippen MR) is 203 cm³/mol. The minimum atomic E-state index is -0.528. The van der Waals surface area contributed by atoms with Crippen LogP contribution in [0, 0.1) is 0 Å². The van der Waals surface area contributed by atoms with Crippen molar-refractivity contribution in [2.45, 2.75) is 11.6 Å². The molecule has 0 bridgehead atoms. The highest BCUT2D eigenvalue weighted by Gasteiger charge is 2.51. The average Bonchev–Trinajstić information content (AvgIpc) is 3.49. The average molecular weight is 641 g/mol. The summed E-state index contributed by atoms with van der Waals surface area (Å²) in [5.41, 5.74) is 14.5. The van der Waals surface area contributed by atoms with Crippen molar-refractivity contribution < 1.29 is 4.74 Å². The van der Waals surface area contributed by atoms with Gasteiger partial charge in [0.2, 0.25) is 0 Å². The molecular formula is C47H32N2O. The van der Waals surface area contributed by atoms with Gasteiger partial charge in [-0.05, 0) is 62.7 Å². The van der Waals surface area contributed by atoms with Gasteiger partial charge in [-0.1, -0.05) is 164 Å². The summed E-state index contributed by atoms with van der Waals surface area (Å²) in [7, 11) is 0. The van der Waals surface area contributed by atoms with Crippen molar-refractivity contribution in [2.75, 3.05) is 0 Å². The van der Waals surface area contributed by atoms with Gasteiger partial charge in [0.05, 0.1) is 11.1 Å². The summed E-state index contributed by atoms with van der Waals surface area (Å²) >= 11 is 0. The van der Waals surface area contributed by atoms with Crippen molar-refractivity contribution in [1.82, 2.24) is 5.32 Å². The quantitative estimate of drug-likeness (QED) is 0.208. The molecule has 3 heteroatoms. The standard InChI is InChI=1S/C47H32N2O/c1-3-14-31(15-4-1)32-26-28-34(29-27-32)42-30-41(33-16-5-2-6-17-33)48-46(49-42)36-19-13-23-40-45(36)35-18-7-8-20-37(35)47(40)38-21-9-11-24-43(38)50-44-25-12-10-22-39(44)47/h1-30,46,48H. The van der Waals surface area contributed by atoms with Crippen molar-refractivity contribution in [3.63, 3.8) is 0 Å². The Balaban J connectivity index is 1.18. The molecule has 10 rings (SSSR count). The number of ether oxygens (including phenoxy) is 1. The van der Waals surface area contributed by atoms with Crippen molar-refractivity contribution in [1.29, 1.82) is 0 Å². The predicted octanol–water partition coefficient (Wildman–Crippen LogP) is 11.0. The molecule has 236 valence electrons. The van der Waals surface area contributed by atoms with E-state index in [2.05, 4.69) is 187 Å². The topological polar surface area (TPSA) is 33.6 Å². The van der Waals surface area contributed by atoms with Crippen LogP contribution in [0.5, 0.6) is 11.5 Å². The number of fused-ring (bicyclic) bond motifs is 9. The summed E-state index contributed by atoms with van der Waals surface area (Å²) in [5.74, 6) is 1.78. The minimum absolute atomic E-state index is 0.317. The molecule has 2 aliphatic heterocycles. The second kappa shape index (κ2) is 11.3. The zero-order chi connectivity index (χ0) is 33.1. The Morgan fingerprint density at radius 3 is 1.70 bits per heavy atom. The van der Waals surface area contributed by atoms with Crippen LogP contribution < -0.4 is 10.1 Å². The fourth-order valence-corrected chi connectivity index (χ4v) is 8.25. The molecule has 1 spiro atoms. The normalized spacial score (nSPS) is 16.1. The number of benzene rings is 7. The molecule has 0 radical (unpaired) electrons. The molecule has 0 fully saturated rings. The van der Waals surface area contributed by atoms with Crippen molar-refractivity contribution in [2.24, 2.45) is 4.99 Å². The number of hydrogen-bond donors (Lipinski definition) is 1. The Kier molecular flexibility index (Phi) is 6.47. The Morgan fingerprint density at radius 2 is 1.00 bits per heavy atom. The molecule has 2 heterocycles. The number of para-hydroxylation sites is 2. The van der Waals surface area contributed by atoms with Gasteiger partial charge in [-0.3, -0.25) is 4.99 Å². The maximum atomic E-state index is 6.56. The summed E-state index contributed by atoms with van der Waals surface area (Å²) in [6.45, 7) is 0. The van der Waals surface area contributed by atoms with Crippen LogP contribution in [0.15, 0.2) is 187 Å². The third-order valence-corrected chi connectivity index (χ3v) is 10.4. The van der Waals surface area contributed by atoms with Gasteiger partial charge < -0.3 is 10.1 Å². The molecule has 3 aliphatic rings. The first-order valence-electron chi connectivity index (χ1n) is 17.2. The van der Waals surface area contributed by atoms with Crippen LogP contribution in [-0.4, -0.2) is 5.71 Å². The van der Waals surface area contributed by atoms with E-state index in [1.54, 1.807) is 0 Å². The lowest BCUT2D eigenvalue weighted by Gasteiger charge is -2.39. The van der Waals surface area contributed by atoms with E-state index in [0.717, 1.165) is 50.7 Å². The van der Waals surface area contributed by atoms with Gasteiger partial charge in [0.15, 0.2) is 0 Å². The zero-order valence-corrected chi connectivity index (χ0v) is 27.3. The van der Waals surface area contributed by atoms with Crippen LogP contribution >= 0.6 is 0 Å². The summed E-state index contributed by atoms with van der Waals surface area (Å²) in [6.07, 6.45) is 1.87. The fraction of sp³-hybridized carbons (Fsp3) is 0.0426. The van der Waals surface area contributed by atoms with Crippen LogP contribution in [0.4, 0.5) is 0 Å². The minimum Gasteiger partial charge on any atom is -0.457 e. The van der Waals surface area contributed by atoms with Gasteiger partial charge >= 0.3 is 0 Å². The number of nitrogens with one attached hydrogen (secondary N) is 1. The Labute approximate surface area is 291 Å². The first kappa shape index (κ1) is 28.6. The van der Waals surface area contributed by atoms with Gasteiger partial charge in [-0.2, -0.15) is 0 Å². The smallest absolute Gasteiger partial charge is 0.146 e. The zero-order valence-electron chi connectivity index (χ0n) is 27.3. The van der Waals surface area contributed by atoms with Crippen molar-refractivity contribution in [3.05, 3.63) is 221 Å². The Morgan fingerprint density at radius 1 is 0.460 bits per heavy atom. The van der Waals surface area contributed by atoms with E-state index in [0.29, 0.717) is 0 Å². The molecule has 0 amide bonds. The SMILES string of the molecule is C1=C(c2ccccc2)NC(c2cccc3c2-c2ccccc2C32c3ccccc3Oc3ccccc32)N=C1c1ccc(-c2ccccc2)cc1. The maximum Gasteiger partial charge on any atom is 0.146 e. The first-order chi connectivity index (χ1) is 24.8. The van der Waals surface area contributed by atoms with E-state index in [-0.39, 0.29) is 6.17 Å². The second-order valence-corrected chi connectivity index (χ2v) is 13.1. The molecule has 1 N–H and O–H groups in total. The molecule has 50 heavy (non-hydrogen) atoms. The van der Waals surface area contributed by atoms with Gasteiger partial charge in [-0.15, -0.1) is 0 Å². The van der Waals surface area contributed by atoms with Crippen molar-refractivity contribution in [3.8, 4) is 33.8 Å². The Hall–Kier alpha value is -6.45. The summed E-state index contributed by atoms with van der Waals surface area (Å²) in [4.78, 5) is 5.48. The second-order valence-electron chi connectivity index (χ2n) is 13.1. The van der Waals surface area contributed by atoms with Crippen LogP contribution in [0.25, 0.3) is 28.0 Å². The van der Waals surface area contributed by atoms with Crippen molar-refractivity contribution >= 4 is 11.4 Å². The van der Waals surface area contributed by atoms with Gasteiger partial charge in [0, 0.05) is 22.4 Å². The van der Waals surface area contributed by atoms with E-state index in [4.69, 9.17) is 9.73 Å². The fourth-order valence-electron chi connectivity index (χ4n) is 8.25. The number of nitrogens with zero attached hydrogens (tertiary/aromatic N) is 1. The molecule has 1 aliphatic carbocycles. The summed E-state index contributed by atoms with van der Waals surface area (Å²) in [6, 6.07) is 62.5. The van der Waals surface area contributed by atoms with E-state index in [1.807, 2.05) is 0 Å². The number of rotatable bonds is 4. The van der Waals surface area contributed by atoms with Crippen LogP contribution in [-0.2, 0) is 5.41 Å².